The number of hydrogen-bond donors (Lipinski definition) is 1. The minimum absolute atomic E-state index is 0. The molecule has 134 valence electrons. The minimum Gasteiger partial charge on any atom is -0.480 e. The van der Waals surface area contributed by atoms with Crippen LogP contribution < -0.4 is 15.6 Å². The third kappa shape index (κ3) is 5.84. The van der Waals surface area contributed by atoms with Crippen molar-refractivity contribution in [3.8, 4) is 11.6 Å². The second-order valence-electron chi connectivity index (χ2n) is 5.24. The molecule has 2 rings (SSSR count). The monoisotopic (exact) mass is 356 g/mol. The summed E-state index contributed by atoms with van der Waals surface area (Å²) >= 11 is 0. The Kier molecular flexibility index (Phi) is 9.71. The molecular formula is C16H25ClN4O3. The Balaban J connectivity index is 0.00000264. The van der Waals surface area contributed by atoms with Crippen molar-refractivity contribution >= 4 is 18.1 Å². The average Bonchev–Trinajstić information content (AvgIpc) is 2.53. The quantitative estimate of drug-likeness (QED) is 0.753. The van der Waals surface area contributed by atoms with Gasteiger partial charge in [0.25, 0.3) is 5.56 Å². The molecule has 1 aromatic heterocycles. The van der Waals surface area contributed by atoms with Crippen molar-refractivity contribution in [2.24, 2.45) is 0 Å². The molecule has 0 amide bonds. The average molecular weight is 357 g/mol. The van der Waals surface area contributed by atoms with Gasteiger partial charge in [0.05, 0.1) is 12.8 Å². The van der Waals surface area contributed by atoms with E-state index in [0.29, 0.717) is 17.3 Å². The third-order valence-electron chi connectivity index (χ3n) is 3.20. The molecule has 8 heteroatoms. The zero-order chi connectivity index (χ0) is 15.9. The maximum absolute atomic E-state index is 12.5. The van der Waals surface area contributed by atoms with Gasteiger partial charge in [-0.25, -0.2) is 0 Å². The van der Waals surface area contributed by atoms with Gasteiger partial charge >= 0.3 is 0 Å². The molecule has 0 saturated carbocycles. The van der Waals surface area contributed by atoms with Gasteiger partial charge < -0.3 is 20.4 Å². The second kappa shape index (κ2) is 10.6. The maximum atomic E-state index is 12.5. The molecule has 0 saturated heterocycles. The molecule has 0 radical (unpaired) electrons. The highest BCUT2D eigenvalue weighted by atomic mass is 35.5. The summed E-state index contributed by atoms with van der Waals surface area (Å²) < 4.78 is 6.55. The van der Waals surface area contributed by atoms with Gasteiger partial charge in [-0.1, -0.05) is 18.2 Å². The van der Waals surface area contributed by atoms with Crippen LogP contribution in [-0.2, 0) is 0 Å². The van der Waals surface area contributed by atoms with Crippen molar-refractivity contribution in [3.63, 3.8) is 0 Å². The summed E-state index contributed by atoms with van der Waals surface area (Å²) in [7, 11) is 5.59. The van der Waals surface area contributed by atoms with Crippen LogP contribution in [0.3, 0.4) is 0 Å². The third-order valence-corrected chi connectivity index (χ3v) is 3.20. The topological polar surface area (TPSA) is 90.9 Å². The van der Waals surface area contributed by atoms with Gasteiger partial charge in [-0.05, 0) is 39.2 Å². The number of para-hydroxylation sites is 1. The summed E-state index contributed by atoms with van der Waals surface area (Å²) in [5, 5.41) is 7.39. The van der Waals surface area contributed by atoms with Crippen LogP contribution in [-0.4, -0.2) is 54.5 Å². The normalized spacial score (nSPS) is 9.83. The largest absolute Gasteiger partial charge is 0.480 e. The summed E-state index contributed by atoms with van der Waals surface area (Å²) in [5.74, 6) is 0.401. The van der Waals surface area contributed by atoms with E-state index in [9.17, 15) is 4.79 Å². The molecule has 1 heterocycles. The summed E-state index contributed by atoms with van der Waals surface area (Å²) in [6.07, 6.45) is 0.947. The van der Waals surface area contributed by atoms with Gasteiger partial charge in [0.1, 0.15) is 5.69 Å². The lowest BCUT2D eigenvalue weighted by atomic mass is 10.3. The van der Waals surface area contributed by atoms with E-state index in [1.807, 2.05) is 44.4 Å². The predicted octanol–water partition coefficient (Wildman–Crippen LogP) is 1.20. The number of nitrogens with one attached hydrogen (secondary N) is 1. The fraction of sp³-hybridized carbons (Fsp3) is 0.375. The SMILES string of the molecule is COc1cc(NCCCN(C)C)c(=O)n(-c2ccccc2)n1.Cl.O. The smallest absolute Gasteiger partial charge is 0.295 e. The van der Waals surface area contributed by atoms with Crippen molar-refractivity contribution in [1.82, 2.24) is 14.7 Å². The van der Waals surface area contributed by atoms with E-state index in [2.05, 4.69) is 15.3 Å². The molecule has 0 bridgehead atoms. The summed E-state index contributed by atoms with van der Waals surface area (Å²) in [6.45, 7) is 1.68. The van der Waals surface area contributed by atoms with Crippen molar-refractivity contribution in [3.05, 3.63) is 46.8 Å². The molecule has 1 aromatic carbocycles. The summed E-state index contributed by atoms with van der Waals surface area (Å²) in [6, 6.07) is 10.9. The van der Waals surface area contributed by atoms with Gasteiger partial charge in [-0.2, -0.15) is 4.68 Å². The molecule has 0 spiro atoms. The minimum atomic E-state index is -0.183. The Hall–Kier alpha value is -2.09. The Labute approximate surface area is 148 Å². The Bertz CT molecular complexity index is 662. The van der Waals surface area contributed by atoms with Crippen LogP contribution in [0.4, 0.5) is 5.69 Å². The molecule has 0 aliphatic heterocycles. The van der Waals surface area contributed by atoms with Crippen LogP contribution in [0.25, 0.3) is 5.69 Å². The Morgan fingerprint density at radius 3 is 2.50 bits per heavy atom. The number of aromatic nitrogens is 2. The van der Waals surface area contributed by atoms with Gasteiger partial charge in [0.15, 0.2) is 0 Å². The molecular weight excluding hydrogens is 332 g/mol. The fourth-order valence-corrected chi connectivity index (χ4v) is 2.06. The van der Waals surface area contributed by atoms with E-state index in [0.717, 1.165) is 19.5 Å². The van der Waals surface area contributed by atoms with E-state index in [1.165, 1.54) is 11.8 Å². The molecule has 0 fully saturated rings. The highest BCUT2D eigenvalue weighted by Crippen LogP contribution is 2.12. The number of hydrogen-bond acceptors (Lipinski definition) is 5. The van der Waals surface area contributed by atoms with Crippen molar-refractivity contribution in [1.29, 1.82) is 0 Å². The van der Waals surface area contributed by atoms with Crippen LogP contribution in [0.5, 0.6) is 5.88 Å². The van der Waals surface area contributed by atoms with Gasteiger partial charge in [0.2, 0.25) is 5.88 Å². The highest BCUT2D eigenvalue weighted by molar-refractivity contribution is 5.85. The molecule has 0 aliphatic rings. The lowest BCUT2D eigenvalue weighted by molar-refractivity contribution is 0.386. The number of anilines is 1. The maximum Gasteiger partial charge on any atom is 0.295 e. The lowest BCUT2D eigenvalue weighted by Crippen LogP contribution is -2.26. The van der Waals surface area contributed by atoms with Gasteiger partial charge in [-0.15, -0.1) is 17.5 Å². The zero-order valence-electron chi connectivity index (χ0n) is 14.2. The highest BCUT2D eigenvalue weighted by Gasteiger charge is 2.10. The number of halogens is 1. The number of rotatable bonds is 7. The molecule has 2 aromatic rings. The molecule has 0 aliphatic carbocycles. The summed E-state index contributed by atoms with van der Waals surface area (Å²) in [4.78, 5) is 14.6. The van der Waals surface area contributed by atoms with E-state index >= 15 is 0 Å². The second-order valence-corrected chi connectivity index (χ2v) is 5.24. The first-order valence-corrected chi connectivity index (χ1v) is 7.24. The molecule has 0 atom stereocenters. The van der Waals surface area contributed by atoms with Crippen LogP contribution in [0, 0.1) is 0 Å². The van der Waals surface area contributed by atoms with Crippen molar-refractivity contribution < 1.29 is 10.2 Å². The van der Waals surface area contributed by atoms with E-state index in [4.69, 9.17) is 4.74 Å². The van der Waals surface area contributed by atoms with Crippen molar-refractivity contribution in [2.45, 2.75) is 6.42 Å². The van der Waals surface area contributed by atoms with Gasteiger partial charge in [-0.3, -0.25) is 4.79 Å². The number of methoxy groups -OCH3 is 1. The van der Waals surface area contributed by atoms with E-state index in [-0.39, 0.29) is 23.4 Å². The van der Waals surface area contributed by atoms with Crippen LogP contribution >= 0.6 is 12.4 Å². The fourth-order valence-electron chi connectivity index (χ4n) is 2.06. The van der Waals surface area contributed by atoms with Crippen LogP contribution in [0.15, 0.2) is 41.2 Å². The van der Waals surface area contributed by atoms with Gasteiger partial charge in [0, 0.05) is 12.6 Å². The first-order chi connectivity index (χ1) is 10.6. The first-order valence-electron chi connectivity index (χ1n) is 7.24. The van der Waals surface area contributed by atoms with Crippen molar-refractivity contribution in [2.75, 3.05) is 39.6 Å². The number of nitrogens with zero attached hydrogens (tertiary/aromatic N) is 3. The molecule has 3 N–H and O–H groups in total. The van der Waals surface area contributed by atoms with E-state index < -0.39 is 0 Å². The summed E-state index contributed by atoms with van der Waals surface area (Å²) in [5.41, 5.74) is 1.02. The van der Waals surface area contributed by atoms with Crippen LogP contribution in [0.1, 0.15) is 6.42 Å². The molecule has 24 heavy (non-hydrogen) atoms. The Morgan fingerprint density at radius 2 is 1.92 bits per heavy atom. The zero-order valence-corrected chi connectivity index (χ0v) is 15.0. The number of ether oxygens (including phenoxy) is 1. The lowest BCUT2D eigenvalue weighted by Gasteiger charge is -2.12. The predicted molar refractivity (Wildman–Crippen MR) is 98.9 cm³/mol. The van der Waals surface area contributed by atoms with Crippen LogP contribution in [0.2, 0.25) is 0 Å². The number of benzene rings is 1. The van der Waals surface area contributed by atoms with E-state index in [1.54, 1.807) is 6.07 Å². The standard InChI is InChI=1S/C16H22N4O2.ClH.H2O/c1-19(2)11-7-10-17-14-12-15(22-3)18-20(16(14)21)13-8-5-4-6-9-13;;/h4-6,8-9,12,17H,7,10-11H2,1-3H3;1H;1H2. The molecule has 0 unspecified atom stereocenters. The molecule has 7 nitrogen and oxygen atoms in total. The Morgan fingerprint density at radius 1 is 1.25 bits per heavy atom. The first kappa shape index (κ1) is 21.9.